The summed E-state index contributed by atoms with van der Waals surface area (Å²) in [6, 6.07) is 9.45. The van der Waals surface area contributed by atoms with Gasteiger partial charge in [0.25, 0.3) is 5.91 Å². The van der Waals surface area contributed by atoms with Crippen LogP contribution < -0.4 is 4.72 Å². The van der Waals surface area contributed by atoms with Gasteiger partial charge in [0, 0.05) is 31.5 Å². The second-order valence-corrected chi connectivity index (χ2v) is 7.30. The highest BCUT2D eigenvalue weighted by Gasteiger charge is 2.20. The Morgan fingerprint density at radius 1 is 1.24 bits per heavy atom. The van der Waals surface area contributed by atoms with Crippen molar-refractivity contribution in [1.29, 1.82) is 0 Å². The molecule has 0 aliphatic carbocycles. The predicted molar refractivity (Wildman–Crippen MR) is 96.6 cm³/mol. The van der Waals surface area contributed by atoms with E-state index < -0.39 is 10.0 Å². The van der Waals surface area contributed by atoms with Crippen molar-refractivity contribution in [3.05, 3.63) is 72.6 Å². The Kier molecular flexibility index (Phi) is 6.06. The highest BCUT2D eigenvalue weighted by molar-refractivity contribution is 7.89. The molecule has 132 valence electrons. The first-order chi connectivity index (χ1) is 11.9. The minimum absolute atomic E-state index is 0.107. The van der Waals surface area contributed by atoms with Crippen molar-refractivity contribution in [1.82, 2.24) is 14.6 Å². The van der Waals surface area contributed by atoms with E-state index >= 15 is 0 Å². The third kappa shape index (κ3) is 4.52. The van der Waals surface area contributed by atoms with Crippen LogP contribution in [0, 0.1) is 0 Å². The molecule has 1 amide bonds. The molecule has 0 spiro atoms. The Bertz CT molecular complexity index is 834. The molecule has 0 saturated carbocycles. The van der Waals surface area contributed by atoms with Crippen LogP contribution in [0.2, 0.25) is 0 Å². The van der Waals surface area contributed by atoms with E-state index in [1.165, 1.54) is 30.3 Å². The van der Waals surface area contributed by atoms with Crippen LogP contribution in [0.25, 0.3) is 0 Å². The second-order valence-electron chi connectivity index (χ2n) is 5.54. The number of pyridine rings is 1. The molecule has 1 heterocycles. The van der Waals surface area contributed by atoms with Gasteiger partial charge >= 0.3 is 0 Å². The number of amides is 1. The molecule has 0 aliphatic rings. The SMILES string of the molecule is C=CCNS(=O)(=O)c1ccc(C(=O)N(C)C(C)c2ccncc2)cc1. The molecule has 0 bridgehead atoms. The van der Waals surface area contributed by atoms with Crippen molar-refractivity contribution < 1.29 is 13.2 Å². The number of sulfonamides is 1. The molecule has 6 nitrogen and oxygen atoms in total. The molecule has 1 aromatic carbocycles. The summed E-state index contributed by atoms with van der Waals surface area (Å²) in [6.07, 6.45) is 4.82. The van der Waals surface area contributed by atoms with E-state index in [1.807, 2.05) is 19.1 Å². The average molecular weight is 359 g/mol. The second kappa shape index (κ2) is 8.04. The molecule has 1 atom stereocenters. The summed E-state index contributed by atoms with van der Waals surface area (Å²) < 4.78 is 26.5. The standard InChI is InChI=1S/C18H21N3O3S/c1-4-11-20-25(23,24)17-7-5-16(6-8-17)18(22)21(3)14(2)15-9-12-19-13-10-15/h4-10,12-14,20H,1,11H2,2-3H3. The summed E-state index contributed by atoms with van der Waals surface area (Å²) in [5.41, 5.74) is 1.39. The number of hydrogen-bond donors (Lipinski definition) is 1. The van der Waals surface area contributed by atoms with E-state index in [2.05, 4.69) is 16.3 Å². The van der Waals surface area contributed by atoms with Crippen LogP contribution in [0.3, 0.4) is 0 Å². The first kappa shape index (κ1) is 18.8. The Balaban J connectivity index is 2.16. The molecule has 0 radical (unpaired) electrons. The number of carbonyl (C=O) groups excluding carboxylic acids is 1. The molecule has 1 aromatic heterocycles. The fourth-order valence-corrected chi connectivity index (χ4v) is 3.27. The summed E-state index contributed by atoms with van der Waals surface area (Å²) in [5.74, 6) is -0.188. The number of benzene rings is 1. The Labute approximate surface area is 148 Å². The van der Waals surface area contributed by atoms with E-state index in [9.17, 15) is 13.2 Å². The number of hydrogen-bond acceptors (Lipinski definition) is 4. The van der Waals surface area contributed by atoms with Crippen LogP contribution in [0.5, 0.6) is 0 Å². The van der Waals surface area contributed by atoms with Crippen LogP contribution >= 0.6 is 0 Å². The van der Waals surface area contributed by atoms with Crippen LogP contribution in [0.15, 0.2) is 66.3 Å². The van der Waals surface area contributed by atoms with Gasteiger partial charge in [0.05, 0.1) is 10.9 Å². The van der Waals surface area contributed by atoms with E-state index in [0.717, 1.165) is 5.56 Å². The third-order valence-electron chi connectivity index (χ3n) is 3.92. The minimum Gasteiger partial charge on any atom is -0.335 e. The maximum absolute atomic E-state index is 12.6. The van der Waals surface area contributed by atoms with Crippen molar-refractivity contribution in [3.8, 4) is 0 Å². The minimum atomic E-state index is -3.60. The number of aromatic nitrogens is 1. The molecular formula is C18H21N3O3S. The van der Waals surface area contributed by atoms with Crippen molar-refractivity contribution in [2.45, 2.75) is 17.9 Å². The van der Waals surface area contributed by atoms with E-state index in [1.54, 1.807) is 24.3 Å². The number of nitrogens with zero attached hydrogens (tertiary/aromatic N) is 2. The number of nitrogens with one attached hydrogen (secondary N) is 1. The molecule has 0 fully saturated rings. The molecule has 1 unspecified atom stereocenters. The Hall–Kier alpha value is -2.51. The monoisotopic (exact) mass is 359 g/mol. The molecule has 2 rings (SSSR count). The van der Waals surface area contributed by atoms with Crippen molar-refractivity contribution in [2.24, 2.45) is 0 Å². The molecule has 0 aliphatic heterocycles. The zero-order valence-corrected chi connectivity index (χ0v) is 15.0. The number of rotatable bonds is 7. The molecular weight excluding hydrogens is 338 g/mol. The van der Waals surface area contributed by atoms with Gasteiger partial charge < -0.3 is 4.90 Å². The maximum Gasteiger partial charge on any atom is 0.254 e. The fraction of sp³-hybridized carbons (Fsp3) is 0.222. The summed E-state index contributed by atoms with van der Waals surface area (Å²) >= 11 is 0. The highest BCUT2D eigenvalue weighted by atomic mass is 32.2. The lowest BCUT2D eigenvalue weighted by molar-refractivity contribution is 0.0742. The van der Waals surface area contributed by atoms with Gasteiger partial charge in [-0.15, -0.1) is 6.58 Å². The van der Waals surface area contributed by atoms with Gasteiger partial charge in [0.1, 0.15) is 0 Å². The zero-order valence-electron chi connectivity index (χ0n) is 14.2. The van der Waals surface area contributed by atoms with Crippen LogP contribution in [-0.4, -0.2) is 37.8 Å². The smallest absolute Gasteiger partial charge is 0.254 e. The lowest BCUT2D eigenvalue weighted by Crippen LogP contribution is -2.29. The van der Waals surface area contributed by atoms with Gasteiger partial charge in [-0.2, -0.15) is 0 Å². The summed E-state index contributed by atoms with van der Waals surface area (Å²) in [4.78, 5) is 18.3. The zero-order chi connectivity index (χ0) is 18.4. The van der Waals surface area contributed by atoms with E-state index in [4.69, 9.17) is 0 Å². The maximum atomic E-state index is 12.6. The van der Waals surface area contributed by atoms with Crippen molar-refractivity contribution >= 4 is 15.9 Å². The fourth-order valence-electron chi connectivity index (χ4n) is 2.27. The Morgan fingerprint density at radius 3 is 2.40 bits per heavy atom. The normalized spacial score (nSPS) is 12.4. The van der Waals surface area contributed by atoms with Crippen LogP contribution in [0.1, 0.15) is 28.9 Å². The van der Waals surface area contributed by atoms with E-state index in [-0.39, 0.29) is 23.4 Å². The lowest BCUT2D eigenvalue weighted by Gasteiger charge is -2.25. The molecule has 25 heavy (non-hydrogen) atoms. The third-order valence-corrected chi connectivity index (χ3v) is 5.36. The lowest BCUT2D eigenvalue weighted by atomic mass is 10.1. The van der Waals surface area contributed by atoms with Gasteiger partial charge in [0.15, 0.2) is 0 Å². The van der Waals surface area contributed by atoms with Gasteiger partial charge in [-0.05, 0) is 48.9 Å². The van der Waals surface area contributed by atoms with Gasteiger partial charge in [-0.1, -0.05) is 6.08 Å². The summed E-state index contributed by atoms with van der Waals surface area (Å²) in [5, 5.41) is 0. The number of carbonyl (C=O) groups is 1. The van der Waals surface area contributed by atoms with Gasteiger partial charge in [-0.3, -0.25) is 9.78 Å². The highest BCUT2D eigenvalue weighted by Crippen LogP contribution is 2.20. The van der Waals surface area contributed by atoms with Gasteiger partial charge in [0.2, 0.25) is 10.0 Å². The van der Waals surface area contributed by atoms with E-state index in [0.29, 0.717) is 5.56 Å². The molecule has 2 aromatic rings. The van der Waals surface area contributed by atoms with Crippen LogP contribution in [-0.2, 0) is 10.0 Å². The molecule has 1 N–H and O–H groups in total. The predicted octanol–water partition coefficient (Wildman–Crippen LogP) is 2.38. The average Bonchev–Trinajstić information content (AvgIpc) is 2.65. The van der Waals surface area contributed by atoms with Crippen molar-refractivity contribution in [2.75, 3.05) is 13.6 Å². The first-order valence-corrected chi connectivity index (χ1v) is 9.23. The van der Waals surface area contributed by atoms with Crippen LogP contribution in [0.4, 0.5) is 0 Å². The first-order valence-electron chi connectivity index (χ1n) is 7.74. The van der Waals surface area contributed by atoms with Crippen molar-refractivity contribution in [3.63, 3.8) is 0 Å². The molecule has 0 saturated heterocycles. The summed E-state index contributed by atoms with van der Waals surface area (Å²) in [7, 11) is -1.89. The molecule has 7 heteroatoms. The topological polar surface area (TPSA) is 79.4 Å². The quantitative estimate of drug-likeness (QED) is 0.770. The largest absolute Gasteiger partial charge is 0.335 e. The van der Waals surface area contributed by atoms with Gasteiger partial charge in [-0.25, -0.2) is 13.1 Å². The Morgan fingerprint density at radius 2 is 1.84 bits per heavy atom. The summed E-state index contributed by atoms with van der Waals surface area (Å²) in [6.45, 7) is 5.54.